The Bertz CT molecular complexity index is 1070. The molecule has 2 aromatic heterocycles. The first-order valence-corrected chi connectivity index (χ1v) is 11.1. The number of pyridine rings is 1. The molecule has 0 aliphatic heterocycles. The Kier molecular flexibility index (Phi) is 8.92. The van der Waals surface area contributed by atoms with E-state index in [2.05, 4.69) is 20.0 Å². The van der Waals surface area contributed by atoms with Gasteiger partial charge in [0.2, 0.25) is 5.89 Å². The van der Waals surface area contributed by atoms with E-state index in [-0.39, 0.29) is 41.9 Å². The van der Waals surface area contributed by atoms with Crippen LogP contribution in [0, 0.1) is 5.92 Å². The second-order valence-corrected chi connectivity index (χ2v) is 7.33. The number of nitrogens with one attached hydrogen (secondary N) is 1. The SMILES string of the molecule is CC.NCc1oc(-c2ccc(OC(F)F)c(OCC3CC3)c2)nc1C(=O)NCc1ccncc1. The topological polar surface area (TPSA) is 113 Å². The first-order chi connectivity index (χ1) is 16.5. The van der Waals surface area contributed by atoms with Crippen LogP contribution in [0.25, 0.3) is 11.5 Å². The first kappa shape index (κ1) is 25.1. The second kappa shape index (κ2) is 12.1. The number of carbonyl (C=O) groups excluding carboxylic acids is 1. The molecule has 1 aromatic carbocycles. The van der Waals surface area contributed by atoms with Gasteiger partial charge in [-0.2, -0.15) is 8.78 Å². The number of oxazole rings is 1. The monoisotopic (exact) mass is 474 g/mol. The molecule has 4 rings (SSSR count). The highest BCUT2D eigenvalue weighted by atomic mass is 19.3. The van der Waals surface area contributed by atoms with Crippen molar-refractivity contribution in [2.75, 3.05) is 6.61 Å². The summed E-state index contributed by atoms with van der Waals surface area (Å²) in [6.45, 7) is 1.67. The van der Waals surface area contributed by atoms with Crippen molar-refractivity contribution >= 4 is 5.91 Å². The molecular formula is C24H28F2N4O4. The molecule has 0 atom stereocenters. The highest BCUT2D eigenvalue weighted by molar-refractivity contribution is 5.93. The third-order valence-corrected chi connectivity index (χ3v) is 4.88. The van der Waals surface area contributed by atoms with Crippen LogP contribution in [0.2, 0.25) is 0 Å². The number of rotatable bonds is 10. The largest absolute Gasteiger partial charge is 0.489 e. The van der Waals surface area contributed by atoms with Gasteiger partial charge in [-0.3, -0.25) is 9.78 Å². The summed E-state index contributed by atoms with van der Waals surface area (Å²) >= 11 is 0. The molecule has 0 bridgehead atoms. The molecule has 10 heteroatoms. The van der Waals surface area contributed by atoms with Gasteiger partial charge in [0.1, 0.15) is 0 Å². The van der Waals surface area contributed by atoms with E-state index < -0.39 is 12.5 Å². The molecule has 2 heterocycles. The van der Waals surface area contributed by atoms with Gasteiger partial charge in [0.25, 0.3) is 5.91 Å². The van der Waals surface area contributed by atoms with Crippen molar-refractivity contribution in [1.29, 1.82) is 0 Å². The van der Waals surface area contributed by atoms with E-state index in [0.717, 1.165) is 18.4 Å². The van der Waals surface area contributed by atoms with E-state index in [0.29, 0.717) is 18.1 Å². The highest BCUT2D eigenvalue weighted by Gasteiger charge is 2.24. The molecule has 0 unspecified atom stereocenters. The van der Waals surface area contributed by atoms with E-state index >= 15 is 0 Å². The molecule has 1 saturated carbocycles. The molecule has 3 aromatic rings. The second-order valence-electron chi connectivity index (χ2n) is 7.33. The average Bonchev–Trinajstić information content (AvgIpc) is 3.59. The van der Waals surface area contributed by atoms with Crippen LogP contribution in [0.5, 0.6) is 11.5 Å². The summed E-state index contributed by atoms with van der Waals surface area (Å²) in [4.78, 5) is 20.9. The number of hydrogen-bond donors (Lipinski definition) is 2. The zero-order valence-electron chi connectivity index (χ0n) is 19.1. The van der Waals surface area contributed by atoms with Crippen LogP contribution < -0.4 is 20.5 Å². The highest BCUT2D eigenvalue weighted by Crippen LogP contribution is 2.36. The molecule has 1 fully saturated rings. The van der Waals surface area contributed by atoms with Crippen LogP contribution in [0.15, 0.2) is 47.1 Å². The molecule has 0 saturated heterocycles. The fraction of sp³-hybridized carbons (Fsp3) is 0.375. The van der Waals surface area contributed by atoms with Crippen LogP contribution in [0.1, 0.15) is 48.5 Å². The van der Waals surface area contributed by atoms with Crippen LogP contribution >= 0.6 is 0 Å². The minimum atomic E-state index is -2.98. The Morgan fingerprint density at radius 3 is 2.59 bits per heavy atom. The lowest BCUT2D eigenvalue weighted by Crippen LogP contribution is -2.24. The van der Waals surface area contributed by atoms with Gasteiger partial charge in [-0.15, -0.1) is 0 Å². The molecule has 0 spiro atoms. The summed E-state index contributed by atoms with van der Waals surface area (Å²) in [7, 11) is 0. The van der Waals surface area contributed by atoms with E-state index in [1.54, 1.807) is 24.5 Å². The van der Waals surface area contributed by atoms with Gasteiger partial charge in [0.15, 0.2) is 23.0 Å². The lowest BCUT2D eigenvalue weighted by atomic mass is 10.2. The van der Waals surface area contributed by atoms with Crippen LogP contribution in [-0.2, 0) is 13.1 Å². The smallest absolute Gasteiger partial charge is 0.387 e. The molecular weight excluding hydrogens is 446 g/mol. The number of amides is 1. The van der Waals surface area contributed by atoms with E-state index in [1.165, 1.54) is 18.2 Å². The Morgan fingerprint density at radius 1 is 1.21 bits per heavy atom. The van der Waals surface area contributed by atoms with Crippen LogP contribution in [0.3, 0.4) is 0 Å². The predicted octanol–water partition coefficient (Wildman–Crippen LogP) is 4.54. The third-order valence-electron chi connectivity index (χ3n) is 4.88. The number of halogens is 2. The normalized spacial score (nSPS) is 12.6. The third kappa shape index (κ3) is 6.74. The molecule has 8 nitrogen and oxygen atoms in total. The number of aromatic nitrogens is 2. The van der Waals surface area contributed by atoms with Crippen molar-refractivity contribution in [3.8, 4) is 23.0 Å². The average molecular weight is 475 g/mol. The number of hydrogen-bond acceptors (Lipinski definition) is 7. The number of carbonyl (C=O) groups is 1. The van der Waals surface area contributed by atoms with Crippen LogP contribution in [0.4, 0.5) is 8.78 Å². The number of benzene rings is 1. The van der Waals surface area contributed by atoms with Crippen molar-refractivity contribution in [3.63, 3.8) is 0 Å². The minimum Gasteiger partial charge on any atom is -0.489 e. The number of nitrogens with two attached hydrogens (primary N) is 1. The van der Waals surface area contributed by atoms with E-state index in [1.807, 2.05) is 13.8 Å². The van der Waals surface area contributed by atoms with Crippen molar-refractivity contribution in [1.82, 2.24) is 15.3 Å². The van der Waals surface area contributed by atoms with Gasteiger partial charge in [-0.25, -0.2) is 4.98 Å². The predicted molar refractivity (Wildman–Crippen MR) is 121 cm³/mol. The quantitative estimate of drug-likeness (QED) is 0.444. The molecule has 182 valence electrons. The van der Waals surface area contributed by atoms with E-state index in [4.69, 9.17) is 14.9 Å². The minimum absolute atomic E-state index is 0.0391. The van der Waals surface area contributed by atoms with Gasteiger partial charge in [-0.1, -0.05) is 13.8 Å². The van der Waals surface area contributed by atoms with Crippen molar-refractivity contribution < 1.29 is 27.5 Å². The molecule has 1 aliphatic rings. The summed E-state index contributed by atoms with van der Waals surface area (Å²) in [5, 5.41) is 2.76. The maximum atomic E-state index is 12.8. The summed E-state index contributed by atoms with van der Waals surface area (Å²) in [5.41, 5.74) is 7.11. The standard InChI is InChI=1S/C22H22F2N4O4.C2H6/c23-22(24)32-16-4-3-15(9-17(16)30-12-14-1-2-14)21-28-19(18(10-25)31-21)20(29)27-11-13-5-7-26-8-6-13;1-2/h3-9,14,22H,1-2,10-12,25H2,(H,27,29);1-2H3. The van der Waals surface area contributed by atoms with Gasteiger partial charge in [-0.05, 0) is 54.7 Å². The Balaban J connectivity index is 0.00000158. The van der Waals surface area contributed by atoms with Crippen molar-refractivity contribution in [2.45, 2.75) is 46.4 Å². The zero-order chi connectivity index (χ0) is 24.5. The summed E-state index contributed by atoms with van der Waals surface area (Å²) in [6, 6.07) is 7.94. The number of ether oxygens (including phenoxy) is 2. The van der Waals surface area contributed by atoms with Gasteiger partial charge < -0.3 is 24.9 Å². The lowest BCUT2D eigenvalue weighted by Gasteiger charge is -2.12. The van der Waals surface area contributed by atoms with Crippen LogP contribution in [-0.4, -0.2) is 29.1 Å². The first-order valence-electron chi connectivity index (χ1n) is 11.1. The zero-order valence-corrected chi connectivity index (χ0v) is 19.1. The molecule has 0 radical (unpaired) electrons. The fourth-order valence-corrected chi connectivity index (χ4v) is 3.00. The number of alkyl halides is 2. The Labute approximate surface area is 196 Å². The Hall–Kier alpha value is -3.53. The molecule has 1 amide bonds. The summed E-state index contributed by atoms with van der Waals surface area (Å²) in [6.07, 6.45) is 5.35. The van der Waals surface area contributed by atoms with Gasteiger partial charge in [0.05, 0.1) is 13.2 Å². The number of nitrogens with zero attached hydrogens (tertiary/aromatic N) is 2. The van der Waals surface area contributed by atoms with Gasteiger partial charge >= 0.3 is 6.61 Å². The maximum Gasteiger partial charge on any atom is 0.387 e. The molecule has 1 aliphatic carbocycles. The van der Waals surface area contributed by atoms with Crippen molar-refractivity contribution in [2.24, 2.45) is 11.7 Å². The maximum absolute atomic E-state index is 12.8. The Morgan fingerprint density at radius 2 is 1.94 bits per heavy atom. The van der Waals surface area contributed by atoms with Gasteiger partial charge in [0, 0.05) is 24.5 Å². The fourth-order valence-electron chi connectivity index (χ4n) is 3.00. The van der Waals surface area contributed by atoms with E-state index in [9.17, 15) is 13.6 Å². The summed E-state index contributed by atoms with van der Waals surface area (Å²) < 4.78 is 41.4. The molecule has 3 N–H and O–H groups in total. The lowest BCUT2D eigenvalue weighted by molar-refractivity contribution is -0.0515. The van der Waals surface area contributed by atoms with Crippen molar-refractivity contribution in [3.05, 3.63) is 59.7 Å². The molecule has 34 heavy (non-hydrogen) atoms. The summed E-state index contributed by atoms with van der Waals surface area (Å²) in [5.74, 6) is 0.385.